The molecule has 0 saturated heterocycles. The topological polar surface area (TPSA) is 85.2 Å². The number of hydrogen-bond acceptors (Lipinski definition) is 6. The number of aliphatic hydroxyl groups excluding tert-OH is 1. The van der Waals surface area contributed by atoms with E-state index in [-0.39, 0.29) is 24.1 Å². The quantitative estimate of drug-likeness (QED) is 0.811. The van der Waals surface area contributed by atoms with Crippen LogP contribution in [0.3, 0.4) is 0 Å². The highest BCUT2D eigenvalue weighted by molar-refractivity contribution is 5.95. The highest BCUT2D eigenvalue weighted by Crippen LogP contribution is 2.51. The van der Waals surface area contributed by atoms with Crippen LogP contribution in [0, 0.1) is 0 Å². The lowest BCUT2D eigenvalue weighted by molar-refractivity contribution is 0.101. The van der Waals surface area contributed by atoms with E-state index in [1.165, 1.54) is 27.2 Å². The van der Waals surface area contributed by atoms with Gasteiger partial charge in [-0.15, -0.1) is 0 Å². The van der Waals surface area contributed by atoms with E-state index in [0.717, 1.165) is 11.1 Å². The summed E-state index contributed by atoms with van der Waals surface area (Å²) in [5.41, 5.74) is 1.97. The number of phenols is 1. The van der Waals surface area contributed by atoms with Crippen LogP contribution < -0.4 is 14.2 Å². The lowest BCUT2D eigenvalue weighted by atomic mass is 9.90. The molecule has 2 aromatic rings. The van der Waals surface area contributed by atoms with Crippen LogP contribution in [0.5, 0.6) is 23.0 Å². The average molecular weight is 344 g/mol. The molecule has 0 aromatic heterocycles. The van der Waals surface area contributed by atoms with Crippen LogP contribution in [-0.2, 0) is 0 Å². The minimum Gasteiger partial charge on any atom is -0.504 e. The summed E-state index contributed by atoms with van der Waals surface area (Å²) in [6, 6.07) is 8.28. The van der Waals surface area contributed by atoms with Crippen molar-refractivity contribution in [1.82, 2.24) is 0 Å². The van der Waals surface area contributed by atoms with Crippen molar-refractivity contribution in [3.05, 3.63) is 47.0 Å². The number of ketones is 1. The van der Waals surface area contributed by atoms with Gasteiger partial charge in [-0.1, -0.05) is 6.07 Å². The second-order valence-corrected chi connectivity index (χ2v) is 5.91. The minimum absolute atomic E-state index is 0.0266. The number of carbonyl (C=O) groups excluding carboxylic acids is 1. The molecule has 0 amide bonds. The predicted molar refractivity (Wildman–Crippen MR) is 90.9 cm³/mol. The summed E-state index contributed by atoms with van der Waals surface area (Å²) in [7, 11) is 2.97. The summed E-state index contributed by atoms with van der Waals surface area (Å²) >= 11 is 0. The van der Waals surface area contributed by atoms with E-state index in [1.54, 1.807) is 24.3 Å². The maximum absolute atomic E-state index is 11.8. The zero-order chi connectivity index (χ0) is 18.1. The number of fused-ring (bicyclic) bond motifs is 1. The van der Waals surface area contributed by atoms with Gasteiger partial charge in [-0.25, -0.2) is 0 Å². The first-order valence-electron chi connectivity index (χ1n) is 7.87. The van der Waals surface area contributed by atoms with Crippen LogP contribution in [0.25, 0.3) is 0 Å². The van der Waals surface area contributed by atoms with E-state index in [0.29, 0.717) is 22.8 Å². The van der Waals surface area contributed by atoms with E-state index >= 15 is 0 Å². The smallest absolute Gasteiger partial charge is 0.165 e. The Morgan fingerprint density at radius 2 is 1.88 bits per heavy atom. The lowest BCUT2D eigenvalue weighted by Gasteiger charge is -2.18. The molecule has 2 aromatic carbocycles. The van der Waals surface area contributed by atoms with Crippen molar-refractivity contribution in [2.75, 3.05) is 20.8 Å². The molecule has 3 rings (SSSR count). The summed E-state index contributed by atoms with van der Waals surface area (Å²) in [5.74, 6) is 0.867. The SMILES string of the molecule is COc1cc([C@@H]2Oc3c(OC)cc(C(C)=O)cc3[C@H]2CO)ccc1O. The Morgan fingerprint density at radius 3 is 2.48 bits per heavy atom. The van der Waals surface area contributed by atoms with Gasteiger partial charge in [0.05, 0.1) is 26.7 Å². The number of hydrogen-bond donors (Lipinski definition) is 2. The summed E-state index contributed by atoms with van der Waals surface area (Å²) in [6.07, 6.45) is -0.481. The Kier molecular flexibility index (Phi) is 4.55. The van der Waals surface area contributed by atoms with Crippen LogP contribution in [0.4, 0.5) is 0 Å². The number of rotatable bonds is 5. The van der Waals surface area contributed by atoms with Gasteiger partial charge in [-0.2, -0.15) is 0 Å². The van der Waals surface area contributed by atoms with Crippen LogP contribution in [0.15, 0.2) is 30.3 Å². The standard InChI is InChI=1S/C19H20O6/c1-10(21)12-6-13-14(9-20)18(25-19(13)17(8-12)24-3)11-4-5-15(22)16(7-11)23-2/h4-8,14,18,20,22H,9H2,1-3H3/t14-,18+/m1/s1. The fourth-order valence-electron chi connectivity index (χ4n) is 3.12. The molecule has 0 radical (unpaired) electrons. The van der Waals surface area contributed by atoms with Crippen LogP contribution in [-0.4, -0.2) is 36.8 Å². The molecule has 0 saturated carbocycles. The van der Waals surface area contributed by atoms with Crippen molar-refractivity contribution in [1.29, 1.82) is 0 Å². The molecular formula is C19H20O6. The first-order chi connectivity index (χ1) is 12.0. The van der Waals surface area contributed by atoms with Crippen molar-refractivity contribution in [3.8, 4) is 23.0 Å². The zero-order valence-corrected chi connectivity index (χ0v) is 14.3. The Bertz CT molecular complexity index is 814. The molecule has 6 heteroatoms. The summed E-state index contributed by atoms with van der Waals surface area (Å²) in [5, 5.41) is 19.7. The molecule has 0 bridgehead atoms. The first kappa shape index (κ1) is 17.1. The van der Waals surface area contributed by atoms with Crippen LogP contribution in [0.1, 0.15) is 40.4 Å². The van der Waals surface area contributed by atoms with Crippen molar-refractivity contribution >= 4 is 5.78 Å². The number of ether oxygens (including phenoxy) is 3. The van der Waals surface area contributed by atoms with Gasteiger partial charge in [0.25, 0.3) is 0 Å². The van der Waals surface area contributed by atoms with Gasteiger partial charge in [0, 0.05) is 11.1 Å². The third-order valence-electron chi connectivity index (χ3n) is 4.45. The number of phenolic OH excluding ortho intramolecular Hbond substituents is 1. The molecule has 1 heterocycles. The molecule has 132 valence electrons. The monoisotopic (exact) mass is 344 g/mol. The van der Waals surface area contributed by atoms with Gasteiger partial charge in [-0.3, -0.25) is 4.79 Å². The van der Waals surface area contributed by atoms with Crippen molar-refractivity contribution < 1.29 is 29.2 Å². The molecular weight excluding hydrogens is 324 g/mol. The second-order valence-electron chi connectivity index (χ2n) is 5.91. The lowest BCUT2D eigenvalue weighted by Crippen LogP contribution is -2.13. The Hall–Kier alpha value is -2.73. The Morgan fingerprint density at radius 1 is 1.16 bits per heavy atom. The molecule has 0 aliphatic carbocycles. The maximum atomic E-state index is 11.8. The van der Waals surface area contributed by atoms with Gasteiger partial charge in [0.1, 0.15) is 6.10 Å². The predicted octanol–water partition coefficient (Wildman–Crippen LogP) is 2.82. The van der Waals surface area contributed by atoms with Gasteiger partial charge in [0.15, 0.2) is 28.8 Å². The van der Waals surface area contributed by atoms with E-state index in [4.69, 9.17) is 14.2 Å². The largest absolute Gasteiger partial charge is 0.504 e. The van der Waals surface area contributed by atoms with Gasteiger partial charge >= 0.3 is 0 Å². The van der Waals surface area contributed by atoms with Gasteiger partial charge < -0.3 is 24.4 Å². The van der Waals surface area contributed by atoms with Gasteiger partial charge in [0.2, 0.25) is 0 Å². The molecule has 1 aliphatic rings. The number of benzene rings is 2. The fourth-order valence-corrected chi connectivity index (χ4v) is 3.12. The summed E-state index contributed by atoms with van der Waals surface area (Å²) in [4.78, 5) is 11.8. The zero-order valence-electron chi connectivity index (χ0n) is 14.3. The minimum atomic E-state index is -0.481. The fraction of sp³-hybridized carbons (Fsp3) is 0.316. The third-order valence-corrected chi connectivity index (χ3v) is 4.45. The molecule has 2 N–H and O–H groups in total. The molecule has 0 fully saturated rings. The highest BCUT2D eigenvalue weighted by Gasteiger charge is 2.38. The molecule has 1 aliphatic heterocycles. The average Bonchev–Trinajstić information content (AvgIpc) is 2.99. The molecule has 0 spiro atoms. The number of carbonyl (C=O) groups is 1. The van der Waals surface area contributed by atoms with Crippen molar-refractivity contribution in [2.45, 2.75) is 18.9 Å². The van der Waals surface area contributed by atoms with Crippen molar-refractivity contribution in [3.63, 3.8) is 0 Å². The second kappa shape index (κ2) is 6.64. The molecule has 0 unspecified atom stereocenters. The number of aromatic hydroxyl groups is 1. The molecule has 25 heavy (non-hydrogen) atoms. The Labute approximate surface area is 145 Å². The van der Waals surface area contributed by atoms with Gasteiger partial charge in [-0.05, 0) is 36.8 Å². The van der Waals surface area contributed by atoms with Crippen molar-refractivity contribution in [2.24, 2.45) is 0 Å². The number of methoxy groups -OCH3 is 2. The van der Waals surface area contributed by atoms with E-state index < -0.39 is 6.10 Å². The van der Waals surface area contributed by atoms with Crippen LogP contribution in [0.2, 0.25) is 0 Å². The molecule has 6 nitrogen and oxygen atoms in total. The van der Waals surface area contributed by atoms with E-state index in [9.17, 15) is 15.0 Å². The first-order valence-corrected chi connectivity index (χ1v) is 7.87. The normalized spacial score (nSPS) is 18.4. The summed E-state index contributed by atoms with van der Waals surface area (Å²) < 4.78 is 16.6. The van der Waals surface area contributed by atoms with E-state index in [1.807, 2.05) is 0 Å². The highest BCUT2D eigenvalue weighted by atomic mass is 16.5. The maximum Gasteiger partial charge on any atom is 0.165 e. The number of aliphatic hydroxyl groups is 1. The van der Waals surface area contributed by atoms with Crippen LogP contribution >= 0.6 is 0 Å². The summed E-state index contributed by atoms with van der Waals surface area (Å²) in [6.45, 7) is 1.32. The Balaban J connectivity index is 2.08. The third kappa shape index (κ3) is 2.89. The van der Waals surface area contributed by atoms with E-state index in [2.05, 4.69) is 0 Å². The number of Topliss-reactive ketones (excluding diaryl/α,β-unsaturated/α-hetero) is 1. The molecule has 2 atom stereocenters.